The fourth-order valence-corrected chi connectivity index (χ4v) is 3.75. The number of aromatic amines is 1. The molecule has 0 saturated carbocycles. The lowest BCUT2D eigenvalue weighted by atomic mass is 10.2. The maximum Gasteiger partial charge on any atom is 0.435 e. The van der Waals surface area contributed by atoms with Crippen molar-refractivity contribution in [1.29, 1.82) is 0 Å². The SMILES string of the molecule is CS(=O)(=O)c1cccc(-c2ccc(-c3cc(C(F)(F)F)n[nH]3)s2)c1. The monoisotopic (exact) mass is 372 g/mol. The van der Waals surface area contributed by atoms with Crippen LogP contribution in [0.3, 0.4) is 0 Å². The lowest BCUT2D eigenvalue weighted by molar-refractivity contribution is -0.141. The van der Waals surface area contributed by atoms with Gasteiger partial charge in [-0.25, -0.2) is 8.42 Å². The van der Waals surface area contributed by atoms with Crippen molar-refractivity contribution in [2.24, 2.45) is 0 Å². The average Bonchev–Trinajstić information content (AvgIpc) is 3.15. The van der Waals surface area contributed by atoms with Crippen molar-refractivity contribution in [3.8, 4) is 21.0 Å². The van der Waals surface area contributed by atoms with Crippen LogP contribution in [-0.4, -0.2) is 24.9 Å². The number of nitrogens with zero attached hydrogens (tertiary/aromatic N) is 1. The molecule has 0 atom stereocenters. The summed E-state index contributed by atoms with van der Waals surface area (Å²) in [6, 6.07) is 10.8. The molecule has 0 fully saturated rings. The molecular weight excluding hydrogens is 361 g/mol. The fourth-order valence-electron chi connectivity index (χ4n) is 2.11. The molecule has 9 heteroatoms. The third kappa shape index (κ3) is 3.36. The number of sulfone groups is 1. The van der Waals surface area contributed by atoms with E-state index in [-0.39, 0.29) is 10.6 Å². The Kier molecular flexibility index (Phi) is 4.00. The van der Waals surface area contributed by atoms with Crippen LogP contribution < -0.4 is 0 Å². The van der Waals surface area contributed by atoms with Crippen LogP contribution in [0.5, 0.6) is 0 Å². The van der Waals surface area contributed by atoms with Gasteiger partial charge in [0.2, 0.25) is 0 Å². The van der Waals surface area contributed by atoms with E-state index in [1.165, 1.54) is 17.4 Å². The Labute approximate surface area is 139 Å². The van der Waals surface area contributed by atoms with Gasteiger partial charge < -0.3 is 0 Å². The number of aromatic nitrogens is 2. The van der Waals surface area contributed by atoms with Gasteiger partial charge in [-0.05, 0) is 35.9 Å². The second-order valence-corrected chi connectivity index (χ2v) is 8.23. The number of halogens is 3. The molecule has 0 radical (unpaired) electrons. The summed E-state index contributed by atoms with van der Waals surface area (Å²) < 4.78 is 61.1. The summed E-state index contributed by atoms with van der Waals surface area (Å²) >= 11 is 1.25. The number of hydrogen-bond donors (Lipinski definition) is 1. The quantitative estimate of drug-likeness (QED) is 0.748. The Morgan fingerprint density at radius 2 is 1.79 bits per heavy atom. The minimum absolute atomic E-state index is 0.191. The zero-order valence-corrected chi connectivity index (χ0v) is 13.9. The summed E-state index contributed by atoms with van der Waals surface area (Å²) in [5, 5.41) is 5.64. The van der Waals surface area contributed by atoms with E-state index in [0.717, 1.165) is 17.2 Å². The van der Waals surface area contributed by atoms with Crippen LogP contribution in [0.4, 0.5) is 13.2 Å². The highest BCUT2D eigenvalue weighted by atomic mass is 32.2. The number of nitrogens with one attached hydrogen (secondary N) is 1. The normalized spacial score (nSPS) is 12.5. The molecule has 0 aliphatic heterocycles. The molecule has 3 rings (SSSR count). The summed E-state index contributed by atoms with van der Waals surface area (Å²) in [7, 11) is -3.33. The van der Waals surface area contributed by atoms with Gasteiger partial charge in [0, 0.05) is 11.1 Å². The van der Waals surface area contributed by atoms with E-state index >= 15 is 0 Å². The largest absolute Gasteiger partial charge is 0.435 e. The van der Waals surface area contributed by atoms with Gasteiger partial charge in [0.05, 0.1) is 15.5 Å². The van der Waals surface area contributed by atoms with Crippen molar-refractivity contribution in [2.75, 3.05) is 6.26 Å². The predicted molar refractivity (Wildman–Crippen MR) is 85.4 cm³/mol. The van der Waals surface area contributed by atoms with Crippen LogP contribution in [-0.2, 0) is 16.0 Å². The molecule has 0 bridgehead atoms. The number of benzene rings is 1. The number of hydrogen-bond acceptors (Lipinski definition) is 4. The molecule has 0 aliphatic carbocycles. The van der Waals surface area contributed by atoms with Crippen molar-refractivity contribution in [2.45, 2.75) is 11.1 Å². The first-order valence-corrected chi connectivity index (χ1v) is 9.39. The van der Waals surface area contributed by atoms with Crippen molar-refractivity contribution in [1.82, 2.24) is 10.2 Å². The van der Waals surface area contributed by atoms with Crippen molar-refractivity contribution in [3.05, 3.63) is 48.2 Å². The van der Waals surface area contributed by atoms with Gasteiger partial charge in [-0.2, -0.15) is 18.3 Å². The molecule has 2 aromatic heterocycles. The van der Waals surface area contributed by atoms with E-state index in [1.54, 1.807) is 30.3 Å². The van der Waals surface area contributed by atoms with E-state index < -0.39 is 21.7 Å². The lowest BCUT2D eigenvalue weighted by Crippen LogP contribution is -2.04. The lowest BCUT2D eigenvalue weighted by Gasteiger charge is -2.01. The second kappa shape index (κ2) is 5.75. The highest BCUT2D eigenvalue weighted by molar-refractivity contribution is 7.90. The Morgan fingerprint density at radius 3 is 2.42 bits per heavy atom. The van der Waals surface area contributed by atoms with Crippen LogP contribution in [0.1, 0.15) is 5.69 Å². The average molecular weight is 372 g/mol. The molecule has 1 N–H and O–H groups in total. The highest BCUT2D eigenvalue weighted by Crippen LogP contribution is 2.36. The van der Waals surface area contributed by atoms with Crippen molar-refractivity contribution < 1.29 is 21.6 Å². The molecule has 4 nitrogen and oxygen atoms in total. The summed E-state index contributed by atoms with van der Waals surface area (Å²) in [5.41, 5.74) is -0.0332. The Bertz CT molecular complexity index is 988. The predicted octanol–water partition coefficient (Wildman–Crippen LogP) is 4.23. The first-order valence-electron chi connectivity index (χ1n) is 6.68. The van der Waals surface area contributed by atoms with Gasteiger partial charge in [-0.15, -0.1) is 11.3 Å². The summed E-state index contributed by atoms with van der Waals surface area (Å²) in [5.74, 6) is 0. The minimum atomic E-state index is -4.50. The van der Waals surface area contributed by atoms with Crippen LogP contribution in [0, 0.1) is 0 Å². The molecule has 0 unspecified atom stereocenters. The van der Waals surface area contributed by atoms with E-state index in [9.17, 15) is 21.6 Å². The number of rotatable bonds is 3. The van der Waals surface area contributed by atoms with Crippen LogP contribution in [0.15, 0.2) is 47.4 Å². The molecule has 1 aromatic carbocycles. The smallest absolute Gasteiger partial charge is 0.276 e. The standard InChI is InChI=1S/C15H11F3N2O2S2/c1-24(21,22)10-4-2-3-9(7-10)12-5-6-13(23-12)11-8-14(20-19-11)15(16,17)18/h2-8H,1H3,(H,19,20). The van der Waals surface area contributed by atoms with Crippen LogP contribution >= 0.6 is 11.3 Å². The van der Waals surface area contributed by atoms with Gasteiger partial charge in [0.1, 0.15) is 0 Å². The molecule has 0 saturated heterocycles. The maximum atomic E-state index is 12.6. The molecule has 24 heavy (non-hydrogen) atoms. The van der Waals surface area contributed by atoms with Gasteiger partial charge in [0.25, 0.3) is 0 Å². The zero-order valence-electron chi connectivity index (χ0n) is 12.3. The molecule has 2 heterocycles. The third-order valence-corrected chi connectivity index (χ3v) is 5.56. The number of H-pyrrole nitrogens is 1. The van der Waals surface area contributed by atoms with Gasteiger partial charge in [-0.3, -0.25) is 5.10 Å². The second-order valence-electron chi connectivity index (χ2n) is 5.13. The Balaban J connectivity index is 1.96. The molecule has 3 aromatic rings. The van der Waals surface area contributed by atoms with Crippen molar-refractivity contribution in [3.63, 3.8) is 0 Å². The summed E-state index contributed by atoms with van der Waals surface area (Å²) in [4.78, 5) is 1.52. The van der Waals surface area contributed by atoms with Gasteiger partial charge in [0.15, 0.2) is 15.5 Å². The Hall–Kier alpha value is -2.13. The fraction of sp³-hybridized carbons (Fsp3) is 0.133. The van der Waals surface area contributed by atoms with Crippen LogP contribution in [0.25, 0.3) is 21.0 Å². The molecule has 0 aliphatic rings. The molecular formula is C15H11F3N2O2S2. The molecule has 0 spiro atoms. The number of thiophene rings is 1. The molecule has 0 amide bonds. The summed E-state index contributed by atoms with van der Waals surface area (Å²) in [6.07, 6.45) is -3.38. The van der Waals surface area contributed by atoms with Crippen molar-refractivity contribution >= 4 is 21.2 Å². The maximum absolute atomic E-state index is 12.6. The van der Waals surface area contributed by atoms with E-state index in [1.807, 2.05) is 0 Å². The zero-order chi connectivity index (χ0) is 17.5. The first-order chi connectivity index (χ1) is 11.1. The van der Waals surface area contributed by atoms with Gasteiger partial charge >= 0.3 is 6.18 Å². The van der Waals surface area contributed by atoms with Gasteiger partial charge in [-0.1, -0.05) is 12.1 Å². The van der Waals surface area contributed by atoms with E-state index in [4.69, 9.17) is 0 Å². The third-order valence-electron chi connectivity index (χ3n) is 3.29. The topological polar surface area (TPSA) is 62.8 Å². The van der Waals surface area contributed by atoms with E-state index in [2.05, 4.69) is 10.2 Å². The van der Waals surface area contributed by atoms with E-state index in [0.29, 0.717) is 10.4 Å². The minimum Gasteiger partial charge on any atom is -0.276 e. The van der Waals surface area contributed by atoms with Crippen LogP contribution in [0.2, 0.25) is 0 Å². The molecule has 126 valence electrons. The number of alkyl halides is 3. The highest BCUT2D eigenvalue weighted by Gasteiger charge is 2.34. The summed E-state index contributed by atoms with van der Waals surface area (Å²) in [6.45, 7) is 0. The first kappa shape index (κ1) is 16.7. The Morgan fingerprint density at radius 1 is 1.08 bits per heavy atom.